The number of ketones is 1. The standard InChI is InChI=1S/C32H32F3NO3/c1-39-31(38)24-9-5-8-23(18-24)25-12-10-22(29-20-36(16-14-26(25)29)17-15-32(33,34)35)11-13-30(37)28-19-27(28)21-6-3-2-4-7-21/h2-10,12,18,27-28H,11,13-17,19-20H2,1H3. The zero-order valence-electron chi connectivity index (χ0n) is 22.0. The minimum atomic E-state index is -4.20. The third-order valence-corrected chi connectivity index (χ3v) is 7.97. The van der Waals surface area contributed by atoms with Crippen LogP contribution in [0.25, 0.3) is 11.1 Å². The van der Waals surface area contributed by atoms with Crippen LogP contribution >= 0.6 is 0 Å². The molecule has 0 radical (unpaired) electrons. The Kier molecular flexibility index (Phi) is 7.89. The first-order valence-corrected chi connectivity index (χ1v) is 13.4. The molecule has 3 aromatic carbocycles. The third kappa shape index (κ3) is 6.41. The van der Waals surface area contributed by atoms with Crippen LogP contribution in [0.15, 0.2) is 66.7 Å². The summed E-state index contributed by atoms with van der Waals surface area (Å²) in [6.07, 6.45) is -2.59. The van der Waals surface area contributed by atoms with E-state index in [1.165, 1.54) is 12.7 Å². The molecule has 3 aromatic rings. The van der Waals surface area contributed by atoms with Crippen LogP contribution in [0.3, 0.4) is 0 Å². The Labute approximate surface area is 226 Å². The first kappa shape index (κ1) is 27.1. The summed E-state index contributed by atoms with van der Waals surface area (Å²) in [5, 5.41) is 0. The summed E-state index contributed by atoms with van der Waals surface area (Å²) < 4.78 is 43.7. The smallest absolute Gasteiger partial charge is 0.390 e. The van der Waals surface area contributed by atoms with E-state index in [0.29, 0.717) is 37.9 Å². The molecule has 0 amide bonds. The predicted molar refractivity (Wildman–Crippen MR) is 143 cm³/mol. The number of hydrogen-bond acceptors (Lipinski definition) is 4. The Morgan fingerprint density at radius 1 is 1.00 bits per heavy atom. The normalized spacial score (nSPS) is 18.9. The molecule has 0 aromatic heterocycles. The molecule has 204 valence electrons. The number of aryl methyl sites for hydroxylation is 1. The zero-order valence-corrected chi connectivity index (χ0v) is 22.0. The molecule has 39 heavy (non-hydrogen) atoms. The Hall–Kier alpha value is -3.45. The predicted octanol–water partition coefficient (Wildman–Crippen LogP) is 6.76. The van der Waals surface area contributed by atoms with Crippen molar-refractivity contribution < 1.29 is 27.5 Å². The molecule has 4 nitrogen and oxygen atoms in total. The fraction of sp³-hybridized carbons (Fsp3) is 0.375. The first-order chi connectivity index (χ1) is 18.7. The van der Waals surface area contributed by atoms with Crippen molar-refractivity contribution in [3.8, 4) is 11.1 Å². The average Bonchev–Trinajstić information content (AvgIpc) is 3.75. The molecule has 1 aliphatic carbocycles. The second kappa shape index (κ2) is 11.3. The molecule has 7 heteroatoms. The molecular weight excluding hydrogens is 503 g/mol. The van der Waals surface area contributed by atoms with Crippen molar-refractivity contribution in [2.75, 3.05) is 20.2 Å². The van der Waals surface area contributed by atoms with E-state index in [2.05, 4.69) is 12.1 Å². The minimum absolute atomic E-state index is 0.0480. The van der Waals surface area contributed by atoms with Crippen LogP contribution in [0, 0.1) is 5.92 Å². The van der Waals surface area contributed by atoms with Crippen LogP contribution in [0.2, 0.25) is 0 Å². The van der Waals surface area contributed by atoms with Gasteiger partial charge in [-0.15, -0.1) is 0 Å². The van der Waals surface area contributed by atoms with Crippen molar-refractivity contribution in [1.82, 2.24) is 4.90 Å². The van der Waals surface area contributed by atoms with Crippen LogP contribution in [0.4, 0.5) is 13.2 Å². The fourth-order valence-electron chi connectivity index (χ4n) is 5.77. The highest BCUT2D eigenvalue weighted by Crippen LogP contribution is 2.48. The molecule has 2 atom stereocenters. The number of methoxy groups -OCH3 is 1. The van der Waals surface area contributed by atoms with Gasteiger partial charge in [-0.1, -0.05) is 54.6 Å². The number of rotatable bonds is 9. The number of Topliss-reactive ketones (excluding diaryl/α,β-unsaturated/α-hetero) is 1. The van der Waals surface area contributed by atoms with E-state index in [0.717, 1.165) is 34.2 Å². The number of nitrogens with zero attached hydrogens (tertiary/aromatic N) is 1. The largest absolute Gasteiger partial charge is 0.465 e. The lowest BCUT2D eigenvalue weighted by Gasteiger charge is -2.32. The van der Waals surface area contributed by atoms with Gasteiger partial charge in [0.2, 0.25) is 0 Å². The van der Waals surface area contributed by atoms with Crippen LogP contribution < -0.4 is 0 Å². The molecule has 0 saturated heterocycles. The van der Waals surface area contributed by atoms with Crippen LogP contribution in [0.5, 0.6) is 0 Å². The summed E-state index contributed by atoms with van der Waals surface area (Å²) in [6, 6.07) is 21.3. The number of ether oxygens (including phenoxy) is 1. The van der Waals surface area contributed by atoms with Crippen molar-refractivity contribution in [2.45, 2.75) is 50.7 Å². The molecule has 2 aliphatic rings. The molecule has 5 rings (SSSR count). The summed E-state index contributed by atoms with van der Waals surface area (Å²) >= 11 is 0. The Morgan fingerprint density at radius 2 is 1.79 bits per heavy atom. The van der Waals surface area contributed by atoms with E-state index >= 15 is 0 Å². The van der Waals surface area contributed by atoms with Gasteiger partial charge in [-0.3, -0.25) is 9.69 Å². The molecule has 1 saturated carbocycles. The first-order valence-electron chi connectivity index (χ1n) is 13.4. The molecule has 2 unspecified atom stereocenters. The van der Waals surface area contributed by atoms with Gasteiger partial charge < -0.3 is 4.74 Å². The second-order valence-corrected chi connectivity index (χ2v) is 10.5. The zero-order chi connectivity index (χ0) is 27.6. The fourth-order valence-corrected chi connectivity index (χ4v) is 5.77. The number of alkyl halides is 3. The lowest BCUT2D eigenvalue weighted by Crippen LogP contribution is -2.34. The monoisotopic (exact) mass is 535 g/mol. The number of benzene rings is 3. The van der Waals surface area contributed by atoms with Gasteiger partial charge in [-0.05, 0) is 70.7 Å². The molecule has 1 heterocycles. The van der Waals surface area contributed by atoms with Gasteiger partial charge in [-0.2, -0.15) is 13.2 Å². The van der Waals surface area contributed by atoms with E-state index < -0.39 is 18.6 Å². The van der Waals surface area contributed by atoms with Crippen LogP contribution in [-0.4, -0.2) is 43.0 Å². The van der Waals surface area contributed by atoms with Crippen molar-refractivity contribution >= 4 is 11.8 Å². The number of fused-ring (bicyclic) bond motifs is 1. The number of carbonyl (C=O) groups excluding carboxylic acids is 2. The van der Waals surface area contributed by atoms with Crippen LogP contribution in [-0.2, 0) is 28.9 Å². The van der Waals surface area contributed by atoms with E-state index in [4.69, 9.17) is 4.74 Å². The molecule has 0 spiro atoms. The highest BCUT2D eigenvalue weighted by Gasteiger charge is 2.43. The van der Waals surface area contributed by atoms with Crippen molar-refractivity contribution in [3.63, 3.8) is 0 Å². The third-order valence-electron chi connectivity index (χ3n) is 7.97. The van der Waals surface area contributed by atoms with Gasteiger partial charge in [-0.25, -0.2) is 4.79 Å². The summed E-state index contributed by atoms with van der Waals surface area (Å²) in [7, 11) is 1.34. The molecular formula is C32H32F3NO3. The SMILES string of the molecule is COC(=O)c1cccc(-c2ccc(CCC(=O)C3CC3c3ccccc3)c3c2CCN(CCC(F)(F)F)C3)c1. The number of carbonyl (C=O) groups is 2. The maximum Gasteiger partial charge on any atom is 0.390 e. The molecule has 0 N–H and O–H groups in total. The quantitative estimate of drug-likeness (QED) is 0.284. The molecule has 1 aliphatic heterocycles. The Balaban J connectivity index is 1.38. The number of halogens is 3. The van der Waals surface area contributed by atoms with Crippen molar-refractivity contribution in [3.05, 3.63) is 94.5 Å². The number of hydrogen-bond donors (Lipinski definition) is 0. The Bertz CT molecular complexity index is 1350. The summed E-state index contributed by atoms with van der Waals surface area (Å²) in [4.78, 5) is 27.0. The van der Waals surface area contributed by atoms with Gasteiger partial charge in [0.1, 0.15) is 5.78 Å². The minimum Gasteiger partial charge on any atom is -0.465 e. The van der Waals surface area contributed by atoms with Crippen molar-refractivity contribution in [1.29, 1.82) is 0 Å². The van der Waals surface area contributed by atoms with Gasteiger partial charge in [0.25, 0.3) is 0 Å². The average molecular weight is 536 g/mol. The van der Waals surface area contributed by atoms with Gasteiger partial charge >= 0.3 is 12.1 Å². The summed E-state index contributed by atoms with van der Waals surface area (Å²) in [5.74, 6) is 0.159. The number of esters is 1. The van der Waals surface area contributed by atoms with E-state index in [9.17, 15) is 22.8 Å². The maximum atomic E-state index is 13.0. The highest BCUT2D eigenvalue weighted by molar-refractivity contribution is 5.91. The lowest BCUT2D eigenvalue weighted by molar-refractivity contribution is -0.138. The topological polar surface area (TPSA) is 46.6 Å². The van der Waals surface area contributed by atoms with E-state index in [1.54, 1.807) is 18.2 Å². The van der Waals surface area contributed by atoms with Crippen molar-refractivity contribution in [2.24, 2.45) is 5.92 Å². The second-order valence-electron chi connectivity index (χ2n) is 10.5. The van der Waals surface area contributed by atoms with Gasteiger partial charge in [0, 0.05) is 32.0 Å². The Morgan fingerprint density at radius 3 is 2.54 bits per heavy atom. The molecule has 0 bridgehead atoms. The van der Waals surface area contributed by atoms with Gasteiger partial charge in [0.05, 0.1) is 19.1 Å². The van der Waals surface area contributed by atoms with Gasteiger partial charge in [0.15, 0.2) is 0 Å². The molecule has 1 fully saturated rings. The maximum absolute atomic E-state index is 13.0. The van der Waals surface area contributed by atoms with E-state index in [-0.39, 0.29) is 24.2 Å². The summed E-state index contributed by atoms with van der Waals surface area (Å²) in [6.45, 7) is 0.885. The van der Waals surface area contributed by atoms with Crippen LogP contribution in [0.1, 0.15) is 57.8 Å². The highest BCUT2D eigenvalue weighted by atomic mass is 19.4. The lowest BCUT2D eigenvalue weighted by atomic mass is 9.85. The van der Waals surface area contributed by atoms with E-state index in [1.807, 2.05) is 41.3 Å². The summed E-state index contributed by atoms with van der Waals surface area (Å²) in [5.41, 5.74) is 6.58.